The normalized spacial score (nSPS) is 14.4. The molecule has 0 saturated heterocycles. The maximum absolute atomic E-state index is 9.77. The maximum Gasteiger partial charge on any atom is 0.335 e. The molecule has 6 nitrogen and oxygen atoms in total. The van der Waals surface area contributed by atoms with E-state index >= 15 is 0 Å². The van der Waals surface area contributed by atoms with E-state index in [0.717, 1.165) is 0 Å². The number of carbonyl (C=O) groups is 2. The average molecular weight is 209 g/mol. The van der Waals surface area contributed by atoms with Crippen LogP contribution >= 0.6 is 0 Å². The zero-order chi connectivity index (χ0) is 8.31. The van der Waals surface area contributed by atoms with Crippen molar-refractivity contribution in [3.05, 3.63) is 0 Å². The van der Waals surface area contributed by atoms with E-state index in [-0.39, 0.29) is 16.5 Å². The van der Waals surface area contributed by atoms with Crippen LogP contribution in [0.4, 0.5) is 0 Å². The van der Waals surface area contributed by atoms with Crippen molar-refractivity contribution in [3.63, 3.8) is 0 Å². The summed E-state index contributed by atoms with van der Waals surface area (Å²) in [5.41, 5.74) is 0. The molecule has 0 aromatic heterocycles. The zero-order valence-corrected chi connectivity index (χ0v) is 6.06. The molecule has 4 N–H and O–H groups in total. The maximum atomic E-state index is 9.77. The molecule has 0 heterocycles. The Balaban J connectivity index is 0. The Kier molecular flexibility index (Phi) is 5.98. The fraction of sp³-hybridized carbons (Fsp3) is 0.500. The van der Waals surface area contributed by atoms with Gasteiger partial charge in [-0.2, -0.15) is 0 Å². The van der Waals surface area contributed by atoms with Gasteiger partial charge >= 0.3 is 11.9 Å². The fourth-order valence-corrected chi connectivity index (χ4v) is 0.270. The van der Waals surface area contributed by atoms with Crippen molar-refractivity contribution in [1.29, 1.82) is 0 Å². The molecule has 2 atom stereocenters. The SMILES string of the molecule is O=C(O)[C@H](O)[C@@H](O)C(=O)O.[Ni]. The Labute approximate surface area is 71.4 Å². The van der Waals surface area contributed by atoms with Crippen LogP contribution in [0.2, 0.25) is 0 Å². The summed E-state index contributed by atoms with van der Waals surface area (Å²) >= 11 is 0. The molecule has 0 aromatic carbocycles. The fourth-order valence-electron chi connectivity index (χ4n) is 0.270. The third-order valence-electron chi connectivity index (χ3n) is 0.805. The van der Waals surface area contributed by atoms with Crippen molar-refractivity contribution >= 4 is 11.9 Å². The quantitative estimate of drug-likeness (QED) is 0.394. The predicted octanol–water partition coefficient (Wildman–Crippen LogP) is -2.13. The summed E-state index contributed by atoms with van der Waals surface area (Å²) in [4.78, 5) is 19.5. The molecular formula is C4H6NiO6. The smallest absolute Gasteiger partial charge is 0.335 e. The van der Waals surface area contributed by atoms with Crippen LogP contribution in [-0.4, -0.2) is 44.6 Å². The van der Waals surface area contributed by atoms with Crippen LogP contribution in [-0.2, 0) is 26.1 Å². The van der Waals surface area contributed by atoms with Gasteiger partial charge in [-0.15, -0.1) is 0 Å². The third kappa shape index (κ3) is 3.92. The molecule has 0 aromatic rings. The van der Waals surface area contributed by atoms with Crippen molar-refractivity contribution in [2.24, 2.45) is 0 Å². The molecule has 0 spiro atoms. The topological polar surface area (TPSA) is 115 Å². The van der Waals surface area contributed by atoms with Gasteiger partial charge in [0.05, 0.1) is 0 Å². The number of rotatable bonds is 3. The predicted molar refractivity (Wildman–Crippen MR) is 27.3 cm³/mol. The second kappa shape index (κ2) is 5.06. The number of aliphatic hydroxyl groups is 2. The minimum absolute atomic E-state index is 0. The number of hydrogen-bond donors (Lipinski definition) is 4. The molecule has 68 valence electrons. The molecule has 0 rings (SSSR count). The van der Waals surface area contributed by atoms with Crippen molar-refractivity contribution in [3.8, 4) is 0 Å². The number of carboxylic acids is 2. The van der Waals surface area contributed by atoms with E-state index < -0.39 is 24.1 Å². The van der Waals surface area contributed by atoms with Crippen molar-refractivity contribution in [2.75, 3.05) is 0 Å². The van der Waals surface area contributed by atoms with E-state index in [1.54, 1.807) is 0 Å². The zero-order valence-electron chi connectivity index (χ0n) is 5.08. The Morgan fingerprint density at radius 3 is 1.18 bits per heavy atom. The first-order valence-electron chi connectivity index (χ1n) is 2.28. The van der Waals surface area contributed by atoms with Crippen LogP contribution in [0.5, 0.6) is 0 Å². The Hall–Kier alpha value is -0.646. The Morgan fingerprint density at radius 2 is 1.09 bits per heavy atom. The number of aliphatic carboxylic acids is 2. The number of aliphatic hydroxyl groups excluding tert-OH is 2. The Bertz CT molecular complexity index is 139. The summed E-state index contributed by atoms with van der Waals surface area (Å²) in [5, 5.41) is 32.5. The molecule has 0 unspecified atom stereocenters. The van der Waals surface area contributed by atoms with E-state index in [9.17, 15) is 9.59 Å². The summed E-state index contributed by atoms with van der Waals surface area (Å²) in [7, 11) is 0. The van der Waals surface area contributed by atoms with E-state index in [4.69, 9.17) is 20.4 Å². The third-order valence-corrected chi connectivity index (χ3v) is 0.805. The van der Waals surface area contributed by atoms with Crippen LogP contribution in [0.15, 0.2) is 0 Å². The second-order valence-electron chi connectivity index (χ2n) is 1.57. The first kappa shape index (κ1) is 13.0. The van der Waals surface area contributed by atoms with Gasteiger partial charge in [-0.1, -0.05) is 0 Å². The van der Waals surface area contributed by atoms with Gasteiger partial charge in [-0.3, -0.25) is 0 Å². The summed E-state index contributed by atoms with van der Waals surface area (Å²) in [6, 6.07) is 0. The number of carboxylic acid groups (broad SMARTS) is 2. The van der Waals surface area contributed by atoms with Gasteiger partial charge < -0.3 is 20.4 Å². The van der Waals surface area contributed by atoms with Gasteiger partial charge in [0, 0.05) is 16.5 Å². The minimum atomic E-state index is -2.27. The molecular weight excluding hydrogens is 203 g/mol. The van der Waals surface area contributed by atoms with E-state index in [0.29, 0.717) is 0 Å². The summed E-state index contributed by atoms with van der Waals surface area (Å²) in [6.45, 7) is 0. The summed E-state index contributed by atoms with van der Waals surface area (Å²) in [5.74, 6) is -3.54. The molecule has 7 heteroatoms. The van der Waals surface area contributed by atoms with Gasteiger partial charge in [0.2, 0.25) is 0 Å². The van der Waals surface area contributed by atoms with Crippen molar-refractivity contribution < 1.29 is 46.5 Å². The van der Waals surface area contributed by atoms with E-state index in [2.05, 4.69) is 0 Å². The van der Waals surface area contributed by atoms with Gasteiger partial charge in [-0.05, 0) is 0 Å². The van der Waals surface area contributed by atoms with Crippen molar-refractivity contribution in [2.45, 2.75) is 12.2 Å². The average Bonchev–Trinajstić information content (AvgIpc) is 1.84. The molecule has 0 aliphatic heterocycles. The summed E-state index contributed by atoms with van der Waals surface area (Å²) in [6.07, 6.45) is -4.53. The van der Waals surface area contributed by atoms with Gasteiger partial charge in [0.15, 0.2) is 12.2 Å². The van der Waals surface area contributed by atoms with Crippen LogP contribution in [0.25, 0.3) is 0 Å². The van der Waals surface area contributed by atoms with Crippen LogP contribution in [0, 0.1) is 0 Å². The monoisotopic (exact) mass is 208 g/mol. The van der Waals surface area contributed by atoms with Crippen molar-refractivity contribution in [1.82, 2.24) is 0 Å². The van der Waals surface area contributed by atoms with Gasteiger partial charge in [0.1, 0.15) is 0 Å². The Morgan fingerprint density at radius 1 is 0.909 bits per heavy atom. The number of hydrogen-bond acceptors (Lipinski definition) is 4. The molecule has 0 aliphatic rings. The molecule has 0 bridgehead atoms. The molecule has 0 saturated carbocycles. The van der Waals surface area contributed by atoms with Crippen LogP contribution < -0.4 is 0 Å². The van der Waals surface area contributed by atoms with Gasteiger partial charge in [-0.25, -0.2) is 9.59 Å². The first-order valence-corrected chi connectivity index (χ1v) is 2.28. The van der Waals surface area contributed by atoms with Crippen LogP contribution in [0.3, 0.4) is 0 Å². The van der Waals surface area contributed by atoms with E-state index in [1.165, 1.54) is 0 Å². The van der Waals surface area contributed by atoms with Gasteiger partial charge in [0.25, 0.3) is 0 Å². The van der Waals surface area contributed by atoms with E-state index in [1.807, 2.05) is 0 Å². The summed E-state index contributed by atoms with van der Waals surface area (Å²) < 4.78 is 0. The van der Waals surface area contributed by atoms with Crippen LogP contribution in [0.1, 0.15) is 0 Å². The largest absolute Gasteiger partial charge is 0.479 e. The molecule has 0 amide bonds. The minimum Gasteiger partial charge on any atom is -0.479 e. The molecule has 0 radical (unpaired) electrons. The standard InChI is InChI=1S/C4H6O6.Ni/c5-1(3(7)8)2(6)4(9)10;/h1-2,5-6H,(H,7,8)(H,9,10);/t1-,2-;/m1./s1. The molecule has 0 fully saturated rings. The first-order chi connectivity index (χ1) is 4.46. The molecule has 11 heavy (non-hydrogen) atoms. The molecule has 0 aliphatic carbocycles. The second-order valence-corrected chi connectivity index (χ2v) is 1.57.